The quantitative estimate of drug-likeness (QED) is 0.169. The molecule has 1 aliphatic carbocycles. The van der Waals surface area contributed by atoms with E-state index in [0.717, 1.165) is 44.5 Å². The summed E-state index contributed by atoms with van der Waals surface area (Å²) in [7, 11) is 0. The highest BCUT2D eigenvalue weighted by Crippen LogP contribution is 2.58. The Morgan fingerprint density at radius 3 is 1.75 bits per heavy atom. The number of nitrogens with zero attached hydrogens (tertiary/aromatic N) is 4. The van der Waals surface area contributed by atoms with Gasteiger partial charge in [0.25, 0.3) is 0 Å². The van der Waals surface area contributed by atoms with Gasteiger partial charge >= 0.3 is 0 Å². The fraction of sp³-hybridized carbons (Fsp3) is 0.0179. The minimum absolute atomic E-state index is 0.514. The highest BCUT2D eigenvalue weighted by Gasteiger charge is 2.46. The lowest BCUT2D eigenvalue weighted by Gasteiger charge is -2.33. The van der Waals surface area contributed by atoms with E-state index >= 15 is 0 Å². The van der Waals surface area contributed by atoms with Gasteiger partial charge in [0.15, 0.2) is 0 Å². The maximum atomic E-state index is 5.33. The van der Waals surface area contributed by atoms with Crippen LogP contribution >= 0.6 is 0 Å². The molecule has 4 nitrogen and oxygen atoms in total. The van der Waals surface area contributed by atoms with Crippen LogP contribution in [0.25, 0.3) is 83.3 Å². The molecule has 3 aromatic heterocycles. The highest BCUT2D eigenvalue weighted by atomic mass is 15.2. The zero-order valence-corrected chi connectivity index (χ0v) is 32.6. The van der Waals surface area contributed by atoms with E-state index < -0.39 is 5.41 Å². The Bertz CT molecular complexity index is 3310. The summed E-state index contributed by atoms with van der Waals surface area (Å²) in [4.78, 5) is 15.1. The van der Waals surface area contributed by atoms with E-state index in [1.807, 2.05) is 24.5 Å². The molecule has 0 saturated carbocycles. The molecule has 1 aliphatic rings. The second kappa shape index (κ2) is 13.6. The van der Waals surface area contributed by atoms with Gasteiger partial charge in [0.1, 0.15) is 0 Å². The van der Waals surface area contributed by atoms with Gasteiger partial charge in [0.2, 0.25) is 5.95 Å². The highest BCUT2D eigenvalue weighted by molar-refractivity contribution is 6.22. The van der Waals surface area contributed by atoms with Gasteiger partial charge in [0, 0.05) is 34.3 Å². The third kappa shape index (κ3) is 5.07. The van der Waals surface area contributed by atoms with Crippen molar-refractivity contribution < 1.29 is 0 Å². The van der Waals surface area contributed by atoms with E-state index in [1.165, 1.54) is 55.1 Å². The van der Waals surface area contributed by atoms with Crippen molar-refractivity contribution in [3.63, 3.8) is 0 Å². The number of hydrogen-bond donors (Lipinski definition) is 0. The third-order valence-electron chi connectivity index (χ3n) is 12.4. The predicted octanol–water partition coefficient (Wildman–Crippen LogP) is 13.5. The van der Waals surface area contributed by atoms with Gasteiger partial charge in [0.05, 0.1) is 27.8 Å². The molecule has 60 heavy (non-hydrogen) atoms. The van der Waals surface area contributed by atoms with Crippen LogP contribution in [0.5, 0.6) is 0 Å². The summed E-state index contributed by atoms with van der Waals surface area (Å²) in [6, 6.07) is 74.1. The Kier molecular flexibility index (Phi) is 7.72. The second-order valence-corrected chi connectivity index (χ2v) is 15.5. The summed E-state index contributed by atoms with van der Waals surface area (Å²) in [5, 5.41) is 4.73. The SMILES string of the molecule is c1ccc(-c2cc(-c3ccccc3)nc(-n3c4ccc(-c5cccc6c5-c5ccccc5C6(c5ccccc5)c5ccncc5)cc4c4c5ccccc5ccc43)n2)cc1. The van der Waals surface area contributed by atoms with Crippen LogP contribution < -0.4 is 0 Å². The molecule has 0 amide bonds. The lowest BCUT2D eigenvalue weighted by Crippen LogP contribution is -2.28. The van der Waals surface area contributed by atoms with Crippen molar-refractivity contribution in [1.82, 2.24) is 19.5 Å². The molecule has 0 fully saturated rings. The Balaban J connectivity index is 1.14. The summed E-state index contributed by atoms with van der Waals surface area (Å²) in [6.45, 7) is 0. The second-order valence-electron chi connectivity index (χ2n) is 15.5. The maximum absolute atomic E-state index is 5.33. The third-order valence-corrected chi connectivity index (χ3v) is 12.4. The van der Waals surface area contributed by atoms with E-state index in [1.54, 1.807) is 0 Å². The van der Waals surface area contributed by atoms with Crippen LogP contribution in [0.15, 0.2) is 219 Å². The summed E-state index contributed by atoms with van der Waals surface area (Å²) in [6.07, 6.45) is 3.83. The summed E-state index contributed by atoms with van der Waals surface area (Å²) >= 11 is 0. The van der Waals surface area contributed by atoms with Gasteiger partial charge in [-0.05, 0) is 91.7 Å². The fourth-order valence-corrected chi connectivity index (χ4v) is 9.87. The van der Waals surface area contributed by atoms with Crippen molar-refractivity contribution in [3.8, 4) is 50.7 Å². The molecule has 4 heteroatoms. The minimum atomic E-state index is -0.514. The summed E-state index contributed by atoms with van der Waals surface area (Å²) in [5.74, 6) is 0.637. The average Bonchev–Trinajstić information content (AvgIpc) is 3.83. The number of pyridine rings is 1. The summed E-state index contributed by atoms with van der Waals surface area (Å²) in [5.41, 5.74) is 15.3. The minimum Gasteiger partial charge on any atom is -0.278 e. The molecule has 12 rings (SSSR count). The molecule has 1 atom stereocenters. The van der Waals surface area contributed by atoms with Crippen LogP contribution in [0.3, 0.4) is 0 Å². The lowest BCUT2D eigenvalue weighted by atomic mass is 9.68. The van der Waals surface area contributed by atoms with Crippen LogP contribution in [0.2, 0.25) is 0 Å². The molecule has 0 spiro atoms. The topological polar surface area (TPSA) is 43.6 Å². The van der Waals surface area contributed by atoms with E-state index in [4.69, 9.17) is 9.97 Å². The smallest absolute Gasteiger partial charge is 0.235 e. The van der Waals surface area contributed by atoms with Crippen molar-refractivity contribution in [1.29, 1.82) is 0 Å². The monoisotopic (exact) mass is 764 g/mol. The number of fused-ring (bicyclic) bond motifs is 8. The number of benzene rings is 8. The Morgan fingerprint density at radius 1 is 0.400 bits per heavy atom. The first kappa shape index (κ1) is 34.1. The number of aromatic nitrogens is 4. The summed E-state index contributed by atoms with van der Waals surface area (Å²) < 4.78 is 2.26. The van der Waals surface area contributed by atoms with Crippen LogP contribution in [0.4, 0.5) is 0 Å². The van der Waals surface area contributed by atoms with Crippen molar-refractivity contribution in [2.75, 3.05) is 0 Å². The van der Waals surface area contributed by atoms with Crippen molar-refractivity contribution >= 4 is 32.6 Å². The predicted molar refractivity (Wildman–Crippen MR) is 245 cm³/mol. The van der Waals surface area contributed by atoms with Crippen LogP contribution in [-0.4, -0.2) is 19.5 Å². The number of hydrogen-bond acceptors (Lipinski definition) is 3. The average molecular weight is 765 g/mol. The molecule has 280 valence electrons. The van der Waals surface area contributed by atoms with Crippen molar-refractivity contribution in [2.45, 2.75) is 5.41 Å². The number of rotatable bonds is 6. The van der Waals surface area contributed by atoms with Gasteiger partial charge in [-0.2, -0.15) is 0 Å². The molecule has 0 radical (unpaired) electrons. The van der Waals surface area contributed by atoms with Crippen LogP contribution in [0.1, 0.15) is 22.3 Å². The van der Waals surface area contributed by atoms with Gasteiger partial charge in [-0.15, -0.1) is 0 Å². The van der Waals surface area contributed by atoms with Crippen molar-refractivity contribution in [2.24, 2.45) is 0 Å². The molecule has 11 aromatic rings. The molecular weight excluding hydrogens is 729 g/mol. The van der Waals surface area contributed by atoms with Gasteiger partial charge < -0.3 is 0 Å². The standard InChI is InChI=1S/C56H36N4/c1-4-16-38(17-5-1)49-36-50(39-18-6-2-7-19-39)59-55(58-49)60-51-29-28-40(35-46(51)54-43-22-11-10-15-37(43)27-30-52(54)60)44-24-14-26-48-53(44)45-23-12-13-25-47(45)56(48,41-20-8-3-9-21-41)42-31-33-57-34-32-42/h1-36H. The van der Waals surface area contributed by atoms with Gasteiger partial charge in [-0.25, -0.2) is 9.97 Å². The maximum Gasteiger partial charge on any atom is 0.235 e. The molecule has 0 N–H and O–H groups in total. The first-order valence-electron chi connectivity index (χ1n) is 20.4. The van der Waals surface area contributed by atoms with Gasteiger partial charge in [-0.1, -0.05) is 170 Å². The molecule has 0 saturated heterocycles. The largest absolute Gasteiger partial charge is 0.278 e. The molecule has 3 heterocycles. The molecular formula is C56H36N4. The Hall–Kier alpha value is -7.95. The fourth-order valence-electron chi connectivity index (χ4n) is 9.87. The van der Waals surface area contributed by atoms with E-state index in [2.05, 4.69) is 204 Å². The van der Waals surface area contributed by atoms with E-state index in [0.29, 0.717) is 5.95 Å². The molecule has 8 aromatic carbocycles. The first-order valence-corrected chi connectivity index (χ1v) is 20.4. The first-order chi connectivity index (χ1) is 29.8. The van der Waals surface area contributed by atoms with E-state index in [-0.39, 0.29) is 0 Å². The Labute approximate surface area is 347 Å². The molecule has 1 unspecified atom stereocenters. The zero-order chi connectivity index (χ0) is 39.6. The van der Waals surface area contributed by atoms with Crippen molar-refractivity contribution in [3.05, 3.63) is 241 Å². The van der Waals surface area contributed by atoms with E-state index in [9.17, 15) is 0 Å². The Morgan fingerprint density at radius 2 is 1.00 bits per heavy atom. The molecule has 0 bridgehead atoms. The normalized spacial score (nSPS) is 14.4. The van der Waals surface area contributed by atoms with Crippen LogP contribution in [0, 0.1) is 0 Å². The zero-order valence-electron chi connectivity index (χ0n) is 32.6. The lowest BCUT2D eigenvalue weighted by molar-refractivity contribution is 0.766. The molecule has 0 aliphatic heterocycles. The van der Waals surface area contributed by atoms with Crippen LogP contribution in [-0.2, 0) is 5.41 Å². The van der Waals surface area contributed by atoms with Gasteiger partial charge in [-0.3, -0.25) is 9.55 Å².